The summed E-state index contributed by atoms with van der Waals surface area (Å²) in [7, 11) is 0. The number of rotatable bonds is 9. The van der Waals surface area contributed by atoms with Gasteiger partial charge in [-0.15, -0.1) is 0 Å². The van der Waals surface area contributed by atoms with E-state index in [0.29, 0.717) is 23.0 Å². The number of hydrogen-bond acceptors (Lipinski definition) is 8. The lowest BCUT2D eigenvalue weighted by Gasteiger charge is -2.39. The molecule has 52 heavy (non-hydrogen) atoms. The molecule has 0 unspecified atom stereocenters. The normalized spacial score (nSPS) is 29.1. The maximum atomic E-state index is 15.3. The first-order valence-electron chi connectivity index (χ1n) is 18.4. The number of carbonyl (C=O) groups excluding carboxylic acids is 4. The first-order valence-corrected chi connectivity index (χ1v) is 19.1. The first-order chi connectivity index (χ1) is 25.0. The van der Waals surface area contributed by atoms with Crippen molar-refractivity contribution >= 4 is 51.0 Å². The molecule has 2 N–H and O–H groups in total. The highest BCUT2D eigenvalue weighted by Crippen LogP contribution is 2.59. The smallest absolute Gasteiger partial charge is 0.306 e. The van der Waals surface area contributed by atoms with Crippen molar-refractivity contribution in [3.8, 4) is 0 Å². The van der Waals surface area contributed by atoms with Gasteiger partial charge in [0.05, 0.1) is 30.5 Å². The largest absolute Gasteiger partial charge is 0.463 e. The van der Waals surface area contributed by atoms with Crippen LogP contribution >= 0.6 is 15.9 Å². The summed E-state index contributed by atoms with van der Waals surface area (Å²) in [5.74, 6) is -3.59. The van der Waals surface area contributed by atoms with Gasteiger partial charge in [-0.1, -0.05) is 72.3 Å². The summed E-state index contributed by atoms with van der Waals surface area (Å²) in [5, 5.41) is 13.8. The molecular weight excluding hydrogens is 728 g/mol. The SMILES string of the molecule is CCN(CC)c1ccc(N2C/C=C\CCC(=O)OC[C@@H](c3ccccc3)NC(=O)[C@@H]3[C@H]4O[C@@]5(C=C4Br)[C@H](C2=O)N([C@@H](CO)CC(C)C)C(=O)[C@@H]35)cc1. The van der Waals surface area contributed by atoms with E-state index in [4.69, 9.17) is 9.47 Å². The van der Waals surface area contributed by atoms with E-state index in [2.05, 4.69) is 40.0 Å². The van der Waals surface area contributed by atoms with Gasteiger partial charge in [0, 0.05) is 41.9 Å². The van der Waals surface area contributed by atoms with E-state index < -0.39 is 59.5 Å². The summed E-state index contributed by atoms with van der Waals surface area (Å²) in [6.45, 7) is 9.53. The monoisotopic (exact) mass is 776 g/mol. The molecule has 6 rings (SSSR count). The van der Waals surface area contributed by atoms with Crippen LogP contribution in [-0.4, -0.2) is 90.3 Å². The summed E-state index contributed by atoms with van der Waals surface area (Å²) in [6.07, 6.45) is 5.61. The van der Waals surface area contributed by atoms with Crippen LogP contribution in [0.3, 0.4) is 0 Å². The molecule has 4 aliphatic rings. The van der Waals surface area contributed by atoms with Crippen LogP contribution in [-0.2, 0) is 28.7 Å². The number of carbonyl (C=O) groups is 4. The van der Waals surface area contributed by atoms with Crippen LogP contribution in [0.5, 0.6) is 0 Å². The van der Waals surface area contributed by atoms with E-state index in [9.17, 15) is 19.5 Å². The Bertz CT molecular complexity index is 1690. The molecule has 12 heteroatoms. The number of anilines is 2. The Labute approximate surface area is 314 Å². The van der Waals surface area contributed by atoms with Crippen molar-refractivity contribution in [2.24, 2.45) is 17.8 Å². The van der Waals surface area contributed by atoms with E-state index in [1.807, 2.05) is 80.6 Å². The average molecular weight is 778 g/mol. The predicted molar refractivity (Wildman–Crippen MR) is 202 cm³/mol. The lowest BCUT2D eigenvalue weighted by atomic mass is 9.74. The number of fused-ring (bicyclic) bond motifs is 2. The van der Waals surface area contributed by atoms with Crippen LogP contribution in [0.15, 0.2) is 77.3 Å². The van der Waals surface area contributed by atoms with Gasteiger partial charge in [0.2, 0.25) is 11.8 Å². The van der Waals surface area contributed by atoms with Gasteiger partial charge in [-0.25, -0.2) is 0 Å². The molecule has 5 bridgehead atoms. The van der Waals surface area contributed by atoms with Crippen molar-refractivity contribution in [2.75, 3.05) is 42.6 Å². The Balaban J connectivity index is 1.47. The third-order valence-corrected chi connectivity index (χ3v) is 11.4. The number of ether oxygens (including phenoxy) is 2. The fourth-order valence-corrected chi connectivity index (χ4v) is 9.01. The van der Waals surface area contributed by atoms with Crippen molar-refractivity contribution in [2.45, 2.75) is 76.8 Å². The molecule has 4 aliphatic heterocycles. The number of cyclic esters (lactones) is 1. The van der Waals surface area contributed by atoms with Crippen molar-refractivity contribution in [1.82, 2.24) is 10.2 Å². The highest BCUT2D eigenvalue weighted by atomic mass is 79.9. The number of aliphatic hydroxyl groups excluding tert-OH is 1. The third-order valence-electron chi connectivity index (χ3n) is 10.7. The Morgan fingerprint density at radius 1 is 1.00 bits per heavy atom. The van der Waals surface area contributed by atoms with Crippen LogP contribution in [0.1, 0.15) is 58.6 Å². The van der Waals surface area contributed by atoms with E-state index in [1.54, 1.807) is 11.0 Å². The number of likely N-dealkylation sites (tertiary alicyclic amines) is 1. The lowest BCUT2D eigenvalue weighted by Crippen LogP contribution is -2.59. The molecule has 2 saturated heterocycles. The minimum atomic E-state index is -1.48. The molecule has 278 valence electrons. The molecule has 11 nitrogen and oxygen atoms in total. The van der Waals surface area contributed by atoms with Gasteiger partial charge in [0.15, 0.2) is 0 Å². The molecule has 2 aromatic rings. The van der Waals surface area contributed by atoms with E-state index in [-0.39, 0.29) is 38.0 Å². The minimum absolute atomic E-state index is 0.0945. The molecule has 1 spiro atoms. The van der Waals surface area contributed by atoms with Crippen LogP contribution in [0.25, 0.3) is 0 Å². The summed E-state index contributed by atoms with van der Waals surface area (Å²) in [4.78, 5) is 62.8. The Morgan fingerprint density at radius 2 is 1.71 bits per heavy atom. The van der Waals surface area contributed by atoms with Crippen LogP contribution in [0.4, 0.5) is 11.4 Å². The van der Waals surface area contributed by atoms with Crippen LogP contribution in [0.2, 0.25) is 0 Å². The van der Waals surface area contributed by atoms with E-state index in [0.717, 1.165) is 24.3 Å². The molecule has 3 amide bonds. The quantitative estimate of drug-likeness (QED) is 0.272. The number of nitrogens with one attached hydrogen (secondary N) is 1. The van der Waals surface area contributed by atoms with Crippen LogP contribution < -0.4 is 15.1 Å². The number of allylic oxidation sites excluding steroid dienone is 1. The molecule has 4 heterocycles. The van der Waals surface area contributed by atoms with Gasteiger partial charge in [-0.2, -0.15) is 0 Å². The molecular formula is C40H49BrN4O7. The zero-order chi connectivity index (χ0) is 37.2. The van der Waals surface area contributed by atoms with Gasteiger partial charge in [0.1, 0.15) is 24.4 Å². The van der Waals surface area contributed by atoms with Gasteiger partial charge < -0.3 is 34.6 Å². The van der Waals surface area contributed by atoms with Crippen LogP contribution in [0, 0.1) is 17.8 Å². The molecule has 2 aromatic carbocycles. The maximum absolute atomic E-state index is 15.3. The molecule has 0 radical (unpaired) electrons. The number of esters is 1. The lowest BCUT2D eigenvalue weighted by molar-refractivity contribution is -0.146. The second kappa shape index (κ2) is 15.9. The zero-order valence-electron chi connectivity index (χ0n) is 30.2. The number of hydrogen-bond donors (Lipinski definition) is 2. The molecule has 2 fully saturated rings. The number of benzene rings is 2. The Kier molecular flexibility index (Phi) is 11.6. The second-order valence-electron chi connectivity index (χ2n) is 14.3. The number of nitrogens with zero attached hydrogens (tertiary/aromatic N) is 3. The van der Waals surface area contributed by atoms with E-state index in [1.165, 1.54) is 4.90 Å². The molecule has 0 aromatic heterocycles. The first kappa shape index (κ1) is 37.7. The van der Waals surface area contributed by atoms with Gasteiger partial charge >= 0.3 is 5.97 Å². The number of aliphatic hydroxyl groups is 1. The van der Waals surface area contributed by atoms with Crippen molar-refractivity contribution in [3.63, 3.8) is 0 Å². The van der Waals surface area contributed by atoms with Crippen molar-refractivity contribution in [3.05, 3.63) is 82.9 Å². The fourth-order valence-electron chi connectivity index (χ4n) is 8.27. The number of halogens is 1. The molecule has 0 saturated carbocycles. The topological polar surface area (TPSA) is 129 Å². The summed E-state index contributed by atoms with van der Waals surface area (Å²) in [6, 6.07) is 14.4. The molecule has 0 aliphatic carbocycles. The van der Waals surface area contributed by atoms with Gasteiger partial charge in [-0.05, 0) is 68.5 Å². The summed E-state index contributed by atoms with van der Waals surface area (Å²) >= 11 is 3.64. The fraction of sp³-hybridized carbons (Fsp3) is 0.500. The van der Waals surface area contributed by atoms with Crippen molar-refractivity contribution < 1.29 is 33.8 Å². The predicted octanol–water partition coefficient (Wildman–Crippen LogP) is 4.90. The second-order valence-corrected chi connectivity index (χ2v) is 15.3. The number of amides is 3. The highest BCUT2D eigenvalue weighted by Gasteiger charge is 2.75. The highest BCUT2D eigenvalue weighted by molar-refractivity contribution is 9.11. The summed E-state index contributed by atoms with van der Waals surface area (Å²) < 4.78 is 13.0. The average Bonchev–Trinajstić information content (AvgIpc) is 3.74. The molecule has 7 atom stereocenters. The Morgan fingerprint density at radius 3 is 2.37 bits per heavy atom. The Hall–Kier alpha value is -4.00. The minimum Gasteiger partial charge on any atom is -0.463 e. The van der Waals surface area contributed by atoms with E-state index >= 15 is 4.79 Å². The van der Waals surface area contributed by atoms with Gasteiger partial charge in [-0.3, -0.25) is 19.2 Å². The standard InChI is InChI=1S/C40H49BrN4O7/c1-5-43(6-2)27-16-18-28(19-17-27)44-20-12-8-11-15-32(47)51-24-31(26-13-9-7-10-14-26)42-37(48)33-34-38(49)45(29(23-46)21-25(3)4)36(39(44)50)40(34)22-30(41)35(33)52-40/h7-10,12-14,16-19,22,25,29,31,33-36,46H,5-6,11,15,20-21,23-24H2,1-4H3,(H,42,48)/b12-8-/t29-,31+,33+,34-,35+,36+,40-/m1/s1. The zero-order valence-corrected chi connectivity index (χ0v) is 31.8. The van der Waals surface area contributed by atoms with Gasteiger partial charge in [0.25, 0.3) is 5.91 Å². The maximum Gasteiger partial charge on any atom is 0.306 e. The van der Waals surface area contributed by atoms with Crippen molar-refractivity contribution in [1.29, 1.82) is 0 Å². The third kappa shape index (κ3) is 7.04. The summed E-state index contributed by atoms with van der Waals surface area (Å²) in [5.41, 5.74) is 0.898.